The number of nitrogens with zero attached hydrogens (tertiary/aromatic N) is 1. The third-order valence-electron chi connectivity index (χ3n) is 4.51. The molecule has 0 fully saturated rings. The van der Waals surface area contributed by atoms with E-state index in [9.17, 15) is 19.2 Å². The number of benzene rings is 1. The van der Waals surface area contributed by atoms with Crippen LogP contribution in [0.5, 0.6) is 0 Å². The van der Waals surface area contributed by atoms with Crippen LogP contribution < -0.4 is 22.1 Å². The zero-order chi connectivity index (χ0) is 19.6. The molecule has 0 atom stereocenters. The highest BCUT2D eigenvalue weighted by Gasteiger charge is 2.09. The molecule has 0 saturated heterocycles. The molecule has 8 heteroatoms. The summed E-state index contributed by atoms with van der Waals surface area (Å²) in [5, 5.41) is 3.69. The van der Waals surface area contributed by atoms with E-state index in [4.69, 9.17) is 0 Å². The number of H-pyrrole nitrogens is 2. The Morgan fingerprint density at radius 2 is 1.93 bits per heavy atom. The van der Waals surface area contributed by atoms with Crippen LogP contribution >= 0.6 is 0 Å². The first-order valence-corrected chi connectivity index (χ1v) is 8.64. The Kier molecular flexibility index (Phi) is 5.07. The van der Waals surface area contributed by atoms with Crippen molar-refractivity contribution in [2.75, 3.05) is 5.32 Å². The van der Waals surface area contributed by atoms with E-state index >= 15 is 0 Å². The third-order valence-corrected chi connectivity index (χ3v) is 4.51. The molecule has 140 valence electrons. The number of pyridine rings is 1. The van der Waals surface area contributed by atoms with Gasteiger partial charge in [-0.2, -0.15) is 0 Å². The molecule has 3 aromatic rings. The number of hydrogen-bond donors (Lipinski definition) is 3. The van der Waals surface area contributed by atoms with Crippen LogP contribution in [0.15, 0.2) is 44.8 Å². The molecular formula is C19H20N4O4. The number of anilines is 1. The summed E-state index contributed by atoms with van der Waals surface area (Å²) in [6.07, 6.45) is 2.07. The molecule has 0 aliphatic heterocycles. The molecule has 3 N–H and O–H groups in total. The van der Waals surface area contributed by atoms with Gasteiger partial charge in [-0.1, -0.05) is 13.0 Å². The maximum atomic E-state index is 12.2. The van der Waals surface area contributed by atoms with Crippen LogP contribution in [0.25, 0.3) is 10.9 Å². The van der Waals surface area contributed by atoms with Crippen molar-refractivity contribution < 1.29 is 4.79 Å². The van der Waals surface area contributed by atoms with Crippen LogP contribution in [0, 0.1) is 6.92 Å². The Morgan fingerprint density at radius 3 is 2.63 bits per heavy atom. The predicted octanol–water partition coefficient (Wildman–Crippen LogP) is 1.28. The van der Waals surface area contributed by atoms with Crippen LogP contribution in [0.2, 0.25) is 0 Å². The van der Waals surface area contributed by atoms with Crippen molar-refractivity contribution in [2.24, 2.45) is 0 Å². The lowest BCUT2D eigenvalue weighted by Gasteiger charge is -2.10. The quantitative estimate of drug-likeness (QED) is 0.629. The van der Waals surface area contributed by atoms with Crippen molar-refractivity contribution in [1.29, 1.82) is 0 Å². The number of carbonyl (C=O) groups excluding carboxylic acids is 1. The minimum absolute atomic E-state index is 0.0638. The maximum Gasteiger partial charge on any atom is 0.328 e. The average molecular weight is 368 g/mol. The van der Waals surface area contributed by atoms with Crippen LogP contribution in [-0.4, -0.2) is 20.4 Å². The highest BCUT2D eigenvalue weighted by atomic mass is 16.2. The topological polar surface area (TPSA) is 117 Å². The zero-order valence-electron chi connectivity index (χ0n) is 15.1. The third kappa shape index (κ3) is 3.89. The van der Waals surface area contributed by atoms with Gasteiger partial charge in [-0.05, 0) is 31.0 Å². The van der Waals surface area contributed by atoms with Gasteiger partial charge < -0.3 is 14.9 Å². The summed E-state index contributed by atoms with van der Waals surface area (Å²) in [5.74, 6) is -0.281. The number of aromatic nitrogens is 3. The van der Waals surface area contributed by atoms with Gasteiger partial charge in [-0.3, -0.25) is 19.4 Å². The Labute approximate surface area is 153 Å². The fourth-order valence-electron chi connectivity index (χ4n) is 3.07. The van der Waals surface area contributed by atoms with Crippen molar-refractivity contribution >= 4 is 22.5 Å². The molecule has 0 saturated carbocycles. The second kappa shape index (κ2) is 7.45. The SMILES string of the molecule is CCc1c(C)c2ccc(NC(=O)CCn3ccc(=O)[nH]c3=O)cc2[nH]c1=O. The smallest absolute Gasteiger partial charge is 0.326 e. The van der Waals surface area contributed by atoms with E-state index in [0.717, 1.165) is 16.5 Å². The van der Waals surface area contributed by atoms with Gasteiger partial charge in [0.1, 0.15) is 0 Å². The van der Waals surface area contributed by atoms with Crippen LogP contribution in [0.3, 0.4) is 0 Å². The number of aromatic amines is 2. The number of nitrogens with one attached hydrogen (secondary N) is 3. The maximum absolute atomic E-state index is 12.2. The molecule has 27 heavy (non-hydrogen) atoms. The Balaban J connectivity index is 1.76. The minimum atomic E-state index is -0.555. The van der Waals surface area contributed by atoms with E-state index in [1.54, 1.807) is 12.1 Å². The lowest BCUT2D eigenvalue weighted by Crippen LogP contribution is -2.29. The summed E-state index contributed by atoms with van der Waals surface area (Å²) in [4.78, 5) is 51.9. The summed E-state index contributed by atoms with van der Waals surface area (Å²) >= 11 is 0. The number of fused-ring (bicyclic) bond motifs is 1. The first-order valence-electron chi connectivity index (χ1n) is 8.64. The van der Waals surface area contributed by atoms with Crippen molar-refractivity contribution in [2.45, 2.75) is 33.2 Å². The fraction of sp³-hybridized carbons (Fsp3) is 0.263. The highest BCUT2D eigenvalue weighted by Crippen LogP contribution is 2.21. The van der Waals surface area contributed by atoms with Gasteiger partial charge in [-0.15, -0.1) is 0 Å². The van der Waals surface area contributed by atoms with Gasteiger partial charge in [0.2, 0.25) is 5.91 Å². The fourth-order valence-corrected chi connectivity index (χ4v) is 3.07. The standard InChI is InChI=1S/C19H20N4O4/c1-3-13-11(2)14-5-4-12(10-15(14)21-18(13)26)20-16(24)6-8-23-9-7-17(25)22-19(23)27/h4-5,7,9-10H,3,6,8H2,1-2H3,(H,20,24)(H,21,26)(H,22,25,27). The highest BCUT2D eigenvalue weighted by molar-refractivity contribution is 5.94. The van der Waals surface area contributed by atoms with Gasteiger partial charge in [0.05, 0.1) is 5.52 Å². The van der Waals surface area contributed by atoms with Crippen molar-refractivity contribution in [3.05, 3.63) is 72.8 Å². The first kappa shape index (κ1) is 18.4. The molecule has 0 bridgehead atoms. The monoisotopic (exact) mass is 368 g/mol. The molecule has 2 aromatic heterocycles. The van der Waals surface area contributed by atoms with Crippen molar-refractivity contribution in [3.63, 3.8) is 0 Å². The summed E-state index contributed by atoms with van der Waals surface area (Å²) in [5.41, 5.74) is 1.75. The Hall–Kier alpha value is -3.42. The van der Waals surface area contributed by atoms with Gasteiger partial charge in [0.25, 0.3) is 11.1 Å². The average Bonchev–Trinajstić information content (AvgIpc) is 2.61. The summed E-state index contributed by atoms with van der Waals surface area (Å²) < 4.78 is 1.26. The number of aryl methyl sites for hydroxylation is 2. The largest absolute Gasteiger partial charge is 0.328 e. The van der Waals surface area contributed by atoms with Crippen LogP contribution in [0.4, 0.5) is 5.69 Å². The molecule has 3 rings (SSSR count). The minimum Gasteiger partial charge on any atom is -0.326 e. The molecule has 1 amide bonds. The van der Waals surface area contributed by atoms with Gasteiger partial charge in [0.15, 0.2) is 0 Å². The zero-order valence-corrected chi connectivity index (χ0v) is 15.1. The molecule has 0 radical (unpaired) electrons. The number of amides is 1. The van der Waals surface area contributed by atoms with Crippen molar-refractivity contribution in [1.82, 2.24) is 14.5 Å². The van der Waals surface area contributed by atoms with E-state index in [1.807, 2.05) is 19.9 Å². The number of hydrogen-bond acceptors (Lipinski definition) is 4. The first-order chi connectivity index (χ1) is 12.9. The van der Waals surface area contributed by atoms with E-state index < -0.39 is 11.2 Å². The molecule has 0 spiro atoms. The van der Waals surface area contributed by atoms with Crippen LogP contribution in [-0.2, 0) is 17.8 Å². The molecule has 1 aromatic carbocycles. The molecule has 2 heterocycles. The van der Waals surface area contributed by atoms with E-state index in [0.29, 0.717) is 17.6 Å². The van der Waals surface area contributed by atoms with E-state index in [1.165, 1.54) is 16.8 Å². The Bertz CT molecular complexity index is 1190. The summed E-state index contributed by atoms with van der Waals surface area (Å²) in [7, 11) is 0. The lowest BCUT2D eigenvalue weighted by molar-refractivity contribution is -0.116. The van der Waals surface area contributed by atoms with E-state index in [2.05, 4.69) is 15.3 Å². The molecule has 0 aliphatic rings. The predicted molar refractivity (Wildman–Crippen MR) is 103 cm³/mol. The van der Waals surface area contributed by atoms with Gasteiger partial charge in [0, 0.05) is 41.9 Å². The number of carbonyl (C=O) groups is 1. The molecule has 8 nitrogen and oxygen atoms in total. The molecule has 0 aliphatic carbocycles. The summed E-state index contributed by atoms with van der Waals surface area (Å²) in [6.45, 7) is 3.99. The van der Waals surface area contributed by atoms with E-state index in [-0.39, 0.29) is 24.4 Å². The molecule has 0 unspecified atom stereocenters. The summed E-state index contributed by atoms with van der Waals surface area (Å²) in [6, 6.07) is 6.58. The molecular weight excluding hydrogens is 348 g/mol. The normalized spacial score (nSPS) is 10.9. The van der Waals surface area contributed by atoms with Crippen molar-refractivity contribution in [3.8, 4) is 0 Å². The second-order valence-corrected chi connectivity index (χ2v) is 6.27. The van der Waals surface area contributed by atoms with Crippen LogP contribution in [0.1, 0.15) is 24.5 Å². The Morgan fingerprint density at radius 1 is 1.15 bits per heavy atom. The number of rotatable bonds is 5. The lowest BCUT2D eigenvalue weighted by atomic mass is 10.0. The van der Waals surface area contributed by atoms with Gasteiger partial charge >= 0.3 is 5.69 Å². The second-order valence-electron chi connectivity index (χ2n) is 6.27. The van der Waals surface area contributed by atoms with Gasteiger partial charge in [-0.25, -0.2) is 4.79 Å².